The van der Waals surface area contributed by atoms with Gasteiger partial charge in [-0.2, -0.15) is 0 Å². The molecule has 0 aliphatic rings. The Morgan fingerprint density at radius 1 is 1.31 bits per heavy atom. The van der Waals surface area contributed by atoms with E-state index in [1.165, 1.54) is 12.8 Å². The summed E-state index contributed by atoms with van der Waals surface area (Å²) in [5.41, 5.74) is 0.727. The SMILES string of the molecule is CCCC/C=C/N(C)C(=O)c1ccccc1. The first-order valence-corrected chi connectivity index (χ1v) is 5.74. The minimum atomic E-state index is 0.0355. The molecule has 0 aliphatic carbocycles. The summed E-state index contributed by atoms with van der Waals surface area (Å²) in [7, 11) is 1.79. The lowest BCUT2D eigenvalue weighted by atomic mass is 10.2. The second-order valence-electron chi connectivity index (χ2n) is 3.81. The third-order valence-electron chi connectivity index (χ3n) is 2.39. The van der Waals surface area contributed by atoms with Crippen LogP contribution in [0.5, 0.6) is 0 Å². The van der Waals surface area contributed by atoms with E-state index in [4.69, 9.17) is 0 Å². The number of hydrogen-bond acceptors (Lipinski definition) is 1. The van der Waals surface area contributed by atoms with Crippen molar-refractivity contribution < 1.29 is 4.79 Å². The standard InChI is InChI=1S/C14H19NO/c1-3-4-5-9-12-15(2)14(16)13-10-7-6-8-11-13/h6-12H,3-5H2,1-2H3/b12-9+. The zero-order chi connectivity index (χ0) is 11.8. The molecule has 1 aromatic rings. The molecule has 1 rings (SSSR count). The fourth-order valence-electron chi connectivity index (χ4n) is 1.41. The van der Waals surface area contributed by atoms with E-state index in [0.717, 1.165) is 12.0 Å². The Balaban J connectivity index is 2.51. The summed E-state index contributed by atoms with van der Waals surface area (Å²) in [6.45, 7) is 2.16. The summed E-state index contributed by atoms with van der Waals surface area (Å²) in [5, 5.41) is 0. The summed E-state index contributed by atoms with van der Waals surface area (Å²) in [5.74, 6) is 0.0355. The number of hydrogen-bond donors (Lipinski definition) is 0. The number of carbonyl (C=O) groups excluding carboxylic acids is 1. The first-order chi connectivity index (χ1) is 7.75. The highest BCUT2D eigenvalue weighted by Crippen LogP contribution is 2.04. The number of rotatable bonds is 5. The normalized spacial score (nSPS) is 10.6. The highest BCUT2D eigenvalue weighted by molar-refractivity contribution is 5.94. The molecule has 0 atom stereocenters. The van der Waals surface area contributed by atoms with Crippen LogP contribution in [0.1, 0.15) is 36.5 Å². The maximum absolute atomic E-state index is 11.9. The fraction of sp³-hybridized carbons (Fsp3) is 0.357. The molecule has 0 aliphatic heterocycles. The second-order valence-corrected chi connectivity index (χ2v) is 3.81. The first-order valence-electron chi connectivity index (χ1n) is 5.74. The molecule has 0 saturated carbocycles. The van der Waals surface area contributed by atoms with Crippen molar-refractivity contribution >= 4 is 5.91 Å². The molecule has 0 saturated heterocycles. The molecular formula is C14H19NO. The van der Waals surface area contributed by atoms with Gasteiger partial charge < -0.3 is 4.90 Å². The van der Waals surface area contributed by atoms with Crippen LogP contribution in [0.2, 0.25) is 0 Å². The summed E-state index contributed by atoms with van der Waals surface area (Å²) in [6, 6.07) is 9.33. The van der Waals surface area contributed by atoms with E-state index in [1.807, 2.05) is 42.6 Å². The Morgan fingerprint density at radius 2 is 2.00 bits per heavy atom. The molecule has 0 heterocycles. The van der Waals surface area contributed by atoms with Gasteiger partial charge in [-0.15, -0.1) is 0 Å². The average Bonchev–Trinajstić information content (AvgIpc) is 2.34. The highest BCUT2D eigenvalue weighted by atomic mass is 16.2. The van der Waals surface area contributed by atoms with E-state index in [2.05, 4.69) is 6.92 Å². The Kier molecular flexibility index (Phi) is 5.34. The van der Waals surface area contributed by atoms with Gasteiger partial charge in [0.15, 0.2) is 0 Å². The number of benzene rings is 1. The van der Waals surface area contributed by atoms with Crippen LogP contribution < -0.4 is 0 Å². The molecule has 0 bridgehead atoms. The molecule has 0 spiro atoms. The lowest BCUT2D eigenvalue weighted by Gasteiger charge is -2.11. The zero-order valence-electron chi connectivity index (χ0n) is 10.0. The molecule has 0 N–H and O–H groups in total. The third kappa shape index (κ3) is 3.89. The Labute approximate surface area is 97.6 Å². The minimum Gasteiger partial charge on any atom is -0.318 e. The fourth-order valence-corrected chi connectivity index (χ4v) is 1.41. The lowest BCUT2D eigenvalue weighted by molar-refractivity contribution is 0.0849. The average molecular weight is 217 g/mol. The Hall–Kier alpha value is -1.57. The van der Waals surface area contributed by atoms with E-state index < -0.39 is 0 Å². The maximum Gasteiger partial charge on any atom is 0.257 e. The first kappa shape index (κ1) is 12.5. The molecule has 2 nitrogen and oxygen atoms in total. The quantitative estimate of drug-likeness (QED) is 0.692. The van der Waals surface area contributed by atoms with Gasteiger partial charge in [-0.25, -0.2) is 0 Å². The van der Waals surface area contributed by atoms with E-state index in [9.17, 15) is 4.79 Å². The summed E-state index contributed by atoms with van der Waals surface area (Å²) in [6.07, 6.45) is 7.28. The van der Waals surface area contributed by atoms with Crippen LogP contribution in [-0.4, -0.2) is 17.9 Å². The maximum atomic E-state index is 11.9. The van der Waals surface area contributed by atoms with Gasteiger partial charge in [-0.05, 0) is 18.6 Å². The molecule has 2 heteroatoms. The number of nitrogens with zero attached hydrogens (tertiary/aromatic N) is 1. The van der Waals surface area contributed by atoms with Crippen LogP contribution in [0.15, 0.2) is 42.6 Å². The van der Waals surface area contributed by atoms with Gasteiger partial charge in [-0.1, -0.05) is 44.0 Å². The van der Waals surface area contributed by atoms with Crippen molar-refractivity contribution in [1.82, 2.24) is 4.90 Å². The lowest BCUT2D eigenvalue weighted by Crippen LogP contribution is -2.20. The molecule has 16 heavy (non-hydrogen) atoms. The molecule has 86 valence electrons. The summed E-state index contributed by atoms with van der Waals surface area (Å²) < 4.78 is 0. The highest BCUT2D eigenvalue weighted by Gasteiger charge is 2.07. The molecule has 0 aromatic heterocycles. The smallest absolute Gasteiger partial charge is 0.257 e. The molecule has 0 fully saturated rings. The number of carbonyl (C=O) groups is 1. The molecular weight excluding hydrogens is 198 g/mol. The van der Waals surface area contributed by atoms with E-state index in [-0.39, 0.29) is 5.91 Å². The molecule has 1 amide bonds. The third-order valence-corrected chi connectivity index (χ3v) is 2.39. The van der Waals surface area contributed by atoms with Crippen molar-refractivity contribution in [1.29, 1.82) is 0 Å². The van der Waals surface area contributed by atoms with Gasteiger partial charge in [-0.3, -0.25) is 4.79 Å². The molecule has 0 unspecified atom stereocenters. The molecule has 0 radical (unpaired) electrons. The van der Waals surface area contributed by atoms with E-state index in [0.29, 0.717) is 0 Å². The number of amides is 1. The van der Waals surface area contributed by atoms with Gasteiger partial charge in [0.2, 0.25) is 0 Å². The minimum absolute atomic E-state index is 0.0355. The second kappa shape index (κ2) is 6.83. The van der Waals surface area contributed by atoms with E-state index in [1.54, 1.807) is 11.9 Å². The van der Waals surface area contributed by atoms with Crippen LogP contribution in [-0.2, 0) is 0 Å². The van der Waals surface area contributed by atoms with Gasteiger partial charge in [0.25, 0.3) is 5.91 Å². The van der Waals surface area contributed by atoms with Crippen LogP contribution >= 0.6 is 0 Å². The van der Waals surface area contributed by atoms with Gasteiger partial charge in [0.05, 0.1) is 0 Å². The Bertz CT molecular complexity index is 343. The van der Waals surface area contributed by atoms with Crippen molar-refractivity contribution in [3.8, 4) is 0 Å². The zero-order valence-corrected chi connectivity index (χ0v) is 10.0. The molecule has 1 aromatic carbocycles. The number of allylic oxidation sites excluding steroid dienone is 1. The van der Waals surface area contributed by atoms with Crippen molar-refractivity contribution in [2.75, 3.05) is 7.05 Å². The van der Waals surface area contributed by atoms with Gasteiger partial charge in [0.1, 0.15) is 0 Å². The van der Waals surface area contributed by atoms with Crippen molar-refractivity contribution in [2.45, 2.75) is 26.2 Å². The van der Waals surface area contributed by atoms with Crippen molar-refractivity contribution in [3.63, 3.8) is 0 Å². The van der Waals surface area contributed by atoms with Crippen molar-refractivity contribution in [2.24, 2.45) is 0 Å². The van der Waals surface area contributed by atoms with Crippen LogP contribution in [0.25, 0.3) is 0 Å². The van der Waals surface area contributed by atoms with Crippen LogP contribution in [0.4, 0.5) is 0 Å². The van der Waals surface area contributed by atoms with Crippen LogP contribution in [0, 0.1) is 0 Å². The Morgan fingerprint density at radius 3 is 2.62 bits per heavy atom. The van der Waals surface area contributed by atoms with Crippen LogP contribution in [0.3, 0.4) is 0 Å². The monoisotopic (exact) mass is 217 g/mol. The summed E-state index contributed by atoms with van der Waals surface area (Å²) >= 11 is 0. The van der Waals surface area contributed by atoms with Gasteiger partial charge >= 0.3 is 0 Å². The largest absolute Gasteiger partial charge is 0.318 e. The van der Waals surface area contributed by atoms with Crippen molar-refractivity contribution in [3.05, 3.63) is 48.2 Å². The van der Waals surface area contributed by atoms with Gasteiger partial charge in [0, 0.05) is 18.8 Å². The topological polar surface area (TPSA) is 20.3 Å². The summed E-state index contributed by atoms with van der Waals surface area (Å²) in [4.78, 5) is 13.5. The van der Waals surface area contributed by atoms with E-state index >= 15 is 0 Å². The predicted molar refractivity (Wildman–Crippen MR) is 67.2 cm³/mol. The number of unbranched alkanes of at least 4 members (excludes halogenated alkanes) is 2. The predicted octanol–water partition coefficient (Wildman–Crippen LogP) is 3.46.